The van der Waals surface area contributed by atoms with Crippen molar-refractivity contribution in [2.24, 2.45) is 0 Å². The second-order valence-electron chi connectivity index (χ2n) is 5.56. The first-order valence-corrected chi connectivity index (χ1v) is 8.06. The smallest absolute Gasteiger partial charge is 0.281 e. The van der Waals surface area contributed by atoms with E-state index in [0.717, 1.165) is 33.7 Å². The summed E-state index contributed by atoms with van der Waals surface area (Å²) in [4.78, 5) is 10.7. The minimum Gasteiger partial charge on any atom is -0.460 e. The predicted molar refractivity (Wildman–Crippen MR) is 91.1 cm³/mol. The van der Waals surface area contributed by atoms with Crippen LogP contribution in [0.25, 0.3) is 21.3 Å². The van der Waals surface area contributed by atoms with E-state index in [1.165, 1.54) is 11.3 Å². The number of nitrogens with zero attached hydrogens (tertiary/aromatic N) is 3. The molecule has 3 aromatic heterocycles. The van der Waals surface area contributed by atoms with Crippen LogP contribution in [0, 0.1) is 0 Å². The second kappa shape index (κ2) is 5.64. The summed E-state index contributed by atoms with van der Waals surface area (Å²) in [6.45, 7) is 0.772. The average Bonchev–Trinajstić information content (AvgIpc) is 3.08. The lowest BCUT2D eigenvalue weighted by Gasteiger charge is -2.04. The van der Waals surface area contributed by atoms with Gasteiger partial charge in [-0.15, -0.1) is 0 Å². The van der Waals surface area contributed by atoms with Crippen molar-refractivity contribution in [3.63, 3.8) is 0 Å². The number of hydrogen-bond acceptors (Lipinski definition) is 6. The Morgan fingerprint density at radius 3 is 2.96 bits per heavy atom. The highest BCUT2D eigenvalue weighted by molar-refractivity contribution is 7.20. The fourth-order valence-electron chi connectivity index (χ4n) is 2.42. The number of fused-ring (bicyclic) bond motifs is 2. The lowest BCUT2D eigenvalue weighted by Crippen LogP contribution is -2.09. The van der Waals surface area contributed by atoms with Gasteiger partial charge in [-0.2, -0.15) is 4.98 Å². The monoisotopic (exact) mass is 325 g/mol. The molecular formula is C17H15N3O2S. The first kappa shape index (κ1) is 14.2. The van der Waals surface area contributed by atoms with Crippen LogP contribution in [-0.2, 0) is 6.54 Å². The summed E-state index contributed by atoms with van der Waals surface area (Å²) in [7, 11) is 4.03. The predicted octanol–water partition coefficient (Wildman–Crippen LogP) is 4.29. The molecule has 0 saturated carbocycles. The Morgan fingerprint density at radius 2 is 2.13 bits per heavy atom. The van der Waals surface area contributed by atoms with Crippen LogP contribution in [0.4, 0.5) is 0 Å². The quantitative estimate of drug-likeness (QED) is 0.560. The summed E-state index contributed by atoms with van der Waals surface area (Å²) in [5, 5.41) is 1.62. The molecule has 1 aromatic carbocycles. The first-order chi connectivity index (χ1) is 11.2. The Morgan fingerprint density at radius 1 is 1.22 bits per heavy atom. The molecule has 0 aliphatic rings. The molecule has 23 heavy (non-hydrogen) atoms. The van der Waals surface area contributed by atoms with E-state index in [-0.39, 0.29) is 0 Å². The summed E-state index contributed by atoms with van der Waals surface area (Å²) >= 11 is 1.49. The Hall–Kier alpha value is -2.44. The number of benzene rings is 1. The molecule has 0 radical (unpaired) electrons. The van der Waals surface area contributed by atoms with Crippen molar-refractivity contribution < 1.29 is 9.15 Å². The zero-order valence-electron chi connectivity index (χ0n) is 12.8. The minimum absolute atomic E-state index is 0.593. The van der Waals surface area contributed by atoms with Crippen molar-refractivity contribution >= 4 is 32.7 Å². The van der Waals surface area contributed by atoms with E-state index >= 15 is 0 Å². The van der Waals surface area contributed by atoms with E-state index in [2.05, 4.69) is 14.9 Å². The van der Waals surface area contributed by atoms with Crippen LogP contribution in [0.5, 0.6) is 10.9 Å². The zero-order valence-corrected chi connectivity index (χ0v) is 13.6. The molecule has 0 aliphatic carbocycles. The van der Waals surface area contributed by atoms with Crippen LogP contribution < -0.4 is 4.74 Å². The van der Waals surface area contributed by atoms with Crippen molar-refractivity contribution in [2.45, 2.75) is 6.54 Å². The number of thiazole rings is 1. The number of aromatic nitrogens is 2. The van der Waals surface area contributed by atoms with Crippen LogP contribution in [0.1, 0.15) is 5.76 Å². The van der Waals surface area contributed by atoms with Gasteiger partial charge in [0.1, 0.15) is 17.1 Å². The van der Waals surface area contributed by atoms with Crippen LogP contribution in [0.2, 0.25) is 0 Å². The maximum atomic E-state index is 5.88. The third-order valence-electron chi connectivity index (χ3n) is 3.36. The number of ether oxygens (including phenoxy) is 1. The highest BCUT2D eigenvalue weighted by Gasteiger charge is 2.09. The van der Waals surface area contributed by atoms with Gasteiger partial charge < -0.3 is 14.1 Å². The second-order valence-corrected chi connectivity index (χ2v) is 6.55. The topological polar surface area (TPSA) is 51.4 Å². The third-order valence-corrected chi connectivity index (χ3v) is 4.25. The first-order valence-electron chi connectivity index (χ1n) is 7.24. The lowest BCUT2D eigenvalue weighted by atomic mass is 10.2. The Balaban J connectivity index is 1.63. The summed E-state index contributed by atoms with van der Waals surface area (Å²) < 4.78 is 12.7. The highest BCUT2D eigenvalue weighted by atomic mass is 32.1. The van der Waals surface area contributed by atoms with E-state index in [1.807, 2.05) is 50.5 Å². The Kier molecular flexibility index (Phi) is 3.48. The number of pyridine rings is 1. The van der Waals surface area contributed by atoms with Crippen molar-refractivity contribution in [3.05, 3.63) is 48.4 Å². The van der Waals surface area contributed by atoms with Gasteiger partial charge in [-0.05, 0) is 50.5 Å². The van der Waals surface area contributed by atoms with E-state index in [9.17, 15) is 0 Å². The van der Waals surface area contributed by atoms with Gasteiger partial charge in [0.2, 0.25) is 0 Å². The molecule has 0 atom stereocenters. The van der Waals surface area contributed by atoms with Gasteiger partial charge in [-0.25, -0.2) is 4.98 Å². The van der Waals surface area contributed by atoms with Crippen molar-refractivity contribution in [2.75, 3.05) is 14.1 Å². The SMILES string of the molecule is CN(C)Cc1cc2cc(Oc3nc4ncccc4s3)ccc2o1. The molecule has 0 fully saturated rings. The minimum atomic E-state index is 0.593. The average molecular weight is 325 g/mol. The molecule has 4 rings (SSSR count). The summed E-state index contributed by atoms with van der Waals surface area (Å²) in [5.41, 5.74) is 1.57. The van der Waals surface area contributed by atoms with Gasteiger partial charge in [0.15, 0.2) is 5.65 Å². The van der Waals surface area contributed by atoms with Crippen LogP contribution in [0.3, 0.4) is 0 Å². The summed E-state index contributed by atoms with van der Waals surface area (Å²) in [6, 6.07) is 11.7. The van der Waals surface area contributed by atoms with Gasteiger partial charge in [-0.1, -0.05) is 11.3 Å². The molecule has 0 saturated heterocycles. The van der Waals surface area contributed by atoms with Gasteiger partial charge in [0.05, 0.1) is 11.2 Å². The fourth-order valence-corrected chi connectivity index (χ4v) is 3.22. The van der Waals surface area contributed by atoms with Gasteiger partial charge in [0, 0.05) is 11.6 Å². The van der Waals surface area contributed by atoms with E-state index in [0.29, 0.717) is 10.8 Å². The molecular weight excluding hydrogens is 310 g/mol. The molecule has 0 unspecified atom stereocenters. The van der Waals surface area contributed by atoms with E-state index < -0.39 is 0 Å². The van der Waals surface area contributed by atoms with Crippen molar-refractivity contribution in [1.82, 2.24) is 14.9 Å². The molecule has 0 bridgehead atoms. The van der Waals surface area contributed by atoms with Crippen LogP contribution in [0.15, 0.2) is 47.0 Å². The van der Waals surface area contributed by atoms with Gasteiger partial charge in [0.25, 0.3) is 5.19 Å². The summed E-state index contributed by atoms with van der Waals surface area (Å²) in [6.07, 6.45) is 1.73. The molecule has 6 heteroatoms. The number of rotatable bonds is 4. The van der Waals surface area contributed by atoms with Crippen LogP contribution in [-0.4, -0.2) is 29.0 Å². The van der Waals surface area contributed by atoms with Crippen molar-refractivity contribution in [1.29, 1.82) is 0 Å². The highest BCUT2D eigenvalue weighted by Crippen LogP contribution is 2.32. The van der Waals surface area contributed by atoms with E-state index in [1.54, 1.807) is 6.20 Å². The van der Waals surface area contributed by atoms with Gasteiger partial charge in [-0.3, -0.25) is 0 Å². The lowest BCUT2D eigenvalue weighted by molar-refractivity contribution is 0.358. The number of hydrogen-bond donors (Lipinski definition) is 0. The van der Waals surface area contributed by atoms with Crippen molar-refractivity contribution in [3.8, 4) is 10.9 Å². The van der Waals surface area contributed by atoms with Crippen LogP contribution >= 0.6 is 11.3 Å². The standard InChI is InChI=1S/C17H15N3O2S/c1-20(2)10-13-9-11-8-12(5-6-14(11)21-13)22-17-19-16-15(23-17)4-3-7-18-16/h3-9H,10H2,1-2H3. The largest absolute Gasteiger partial charge is 0.460 e. The zero-order chi connectivity index (χ0) is 15.8. The molecule has 0 aliphatic heterocycles. The van der Waals surface area contributed by atoms with Gasteiger partial charge >= 0.3 is 0 Å². The molecule has 5 nitrogen and oxygen atoms in total. The fraction of sp³-hybridized carbons (Fsp3) is 0.176. The summed E-state index contributed by atoms with van der Waals surface area (Å²) in [5.74, 6) is 1.68. The molecule has 0 amide bonds. The molecule has 0 spiro atoms. The Bertz CT molecular complexity index is 941. The third kappa shape index (κ3) is 2.91. The maximum absolute atomic E-state index is 5.88. The molecule has 0 N–H and O–H groups in total. The molecule has 116 valence electrons. The normalized spacial score (nSPS) is 11.6. The maximum Gasteiger partial charge on any atom is 0.281 e. The number of furan rings is 1. The molecule has 3 heterocycles. The van der Waals surface area contributed by atoms with E-state index in [4.69, 9.17) is 9.15 Å². The Labute approximate surface area is 137 Å². The molecule has 4 aromatic rings.